The van der Waals surface area contributed by atoms with Crippen LogP contribution in [0, 0.1) is 0 Å². The van der Waals surface area contributed by atoms with Crippen molar-refractivity contribution < 1.29 is 13.2 Å². The van der Waals surface area contributed by atoms with Gasteiger partial charge < -0.3 is 0 Å². The Morgan fingerprint density at radius 1 is 0.706 bits per heavy atom. The Kier molecular flexibility index (Phi) is 7.98. The summed E-state index contributed by atoms with van der Waals surface area (Å²) in [7, 11) is 0. The summed E-state index contributed by atoms with van der Waals surface area (Å²) in [5.74, 6) is 0. The minimum Gasteiger partial charge on any atom is -0.216 e. The summed E-state index contributed by atoms with van der Waals surface area (Å²) in [5, 5.41) is 0. The Morgan fingerprint density at radius 2 is 1.00 bits per heavy atom. The zero-order valence-corrected chi connectivity index (χ0v) is 11.6. The molecule has 0 nitrogen and oxygen atoms in total. The second-order valence-corrected chi connectivity index (χ2v) is 5.45. The number of hydrogen-bond acceptors (Lipinski definition) is 0. The first-order valence-electron chi connectivity index (χ1n) is 7.20. The predicted molar refractivity (Wildman–Crippen MR) is 71.0 cm³/mol. The zero-order chi connectivity index (χ0) is 13.4. The van der Waals surface area contributed by atoms with Crippen LogP contribution in [0.3, 0.4) is 0 Å². The summed E-state index contributed by atoms with van der Waals surface area (Å²) >= 11 is 0. The van der Waals surface area contributed by atoms with Crippen LogP contribution in [0.2, 0.25) is 19.0 Å². The van der Waals surface area contributed by atoms with Gasteiger partial charge in [0.1, 0.15) is 6.15 Å². The lowest BCUT2D eigenvalue weighted by molar-refractivity contribution is -0.0584. The van der Waals surface area contributed by atoms with E-state index < -0.39 is 12.2 Å². The Hall–Kier alpha value is -0.145. The molecule has 17 heavy (non-hydrogen) atoms. The number of rotatable bonds is 9. The average molecular weight is 251 g/mol. The number of alkyl halides is 3. The predicted octanol–water partition coefficient (Wildman–Crippen LogP) is 5.94. The highest BCUT2D eigenvalue weighted by Crippen LogP contribution is 2.41. The molecule has 0 aromatic heterocycles. The quantitative estimate of drug-likeness (QED) is 0.445. The third-order valence-electron chi connectivity index (χ3n) is 4.03. The first-order valence-corrected chi connectivity index (χ1v) is 7.20. The van der Waals surface area contributed by atoms with Gasteiger partial charge in [-0.05, 0) is 0 Å². The van der Waals surface area contributed by atoms with Crippen molar-refractivity contribution in [3.05, 3.63) is 0 Å². The van der Waals surface area contributed by atoms with Crippen LogP contribution < -0.4 is 0 Å². The van der Waals surface area contributed by atoms with Gasteiger partial charge in [-0.25, -0.2) is 13.2 Å². The molecule has 0 aliphatic rings. The molecule has 0 amide bonds. The zero-order valence-electron chi connectivity index (χ0n) is 11.6. The third kappa shape index (κ3) is 5.35. The fourth-order valence-corrected chi connectivity index (χ4v) is 2.71. The van der Waals surface area contributed by atoms with Gasteiger partial charge in [0.05, 0.1) is 0 Å². The maximum absolute atomic E-state index is 13.4. The van der Waals surface area contributed by atoms with E-state index >= 15 is 0 Å². The molecule has 0 spiro atoms. The molecule has 0 aromatic carbocycles. The van der Waals surface area contributed by atoms with Crippen molar-refractivity contribution in [1.82, 2.24) is 0 Å². The van der Waals surface area contributed by atoms with Crippen LogP contribution in [-0.2, 0) is 0 Å². The fourth-order valence-electron chi connectivity index (χ4n) is 2.71. The van der Waals surface area contributed by atoms with E-state index in [0.29, 0.717) is 38.2 Å². The number of unbranched alkanes of at least 4 members (excludes halogenated alkanes) is 3. The highest BCUT2D eigenvalue weighted by Gasteiger charge is 2.46. The molecule has 0 rings (SSSR count). The molecular weight excluding hydrogens is 224 g/mol. The Morgan fingerprint density at radius 3 is 1.18 bits per heavy atom. The van der Waals surface area contributed by atoms with E-state index in [9.17, 15) is 13.2 Å². The van der Waals surface area contributed by atoms with Gasteiger partial charge in [0.25, 0.3) is 6.08 Å². The van der Waals surface area contributed by atoms with Crippen LogP contribution >= 0.6 is 0 Å². The smallest absolute Gasteiger partial charge is 0.216 e. The van der Waals surface area contributed by atoms with E-state index in [0.717, 1.165) is 19.3 Å². The average Bonchev–Trinajstić information content (AvgIpc) is 2.27. The van der Waals surface area contributed by atoms with Crippen LogP contribution in [0.25, 0.3) is 0 Å². The lowest BCUT2D eigenvalue weighted by Crippen LogP contribution is -2.50. The van der Waals surface area contributed by atoms with Gasteiger partial charge in [-0.3, -0.25) is 0 Å². The molecule has 104 valence electrons. The lowest BCUT2D eigenvalue weighted by atomic mass is 9.18. The van der Waals surface area contributed by atoms with Gasteiger partial charge in [0.15, 0.2) is 0 Å². The van der Waals surface area contributed by atoms with Crippen molar-refractivity contribution in [3.8, 4) is 0 Å². The molecule has 0 aliphatic heterocycles. The van der Waals surface area contributed by atoms with Crippen LogP contribution in [0.1, 0.15) is 59.3 Å². The first-order chi connectivity index (χ1) is 7.93. The van der Waals surface area contributed by atoms with E-state index in [-0.39, 0.29) is 0 Å². The fraction of sp³-hybridized carbons (Fsp3) is 1.00. The molecule has 0 fully saturated rings. The third-order valence-corrected chi connectivity index (χ3v) is 4.03. The van der Waals surface area contributed by atoms with E-state index in [4.69, 9.17) is 0 Å². The second-order valence-electron chi connectivity index (χ2n) is 5.45. The summed E-state index contributed by atoms with van der Waals surface area (Å²) in [5.41, 5.74) is 0. The number of hydrogen-bond donors (Lipinski definition) is 0. The summed E-state index contributed by atoms with van der Waals surface area (Å²) in [6.45, 7) is 5.91. The lowest BCUT2D eigenvalue weighted by Gasteiger charge is -2.42. The Balaban J connectivity index is 4.78. The van der Waals surface area contributed by atoms with Crippen molar-refractivity contribution in [2.45, 2.75) is 84.3 Å². The highest BCUT2D eigenvalue weighted by molar-refractivity contribution is 6.81. The minimum absolute atomic E-state index is 0.375. The van der Waals surface area contributed by atoms with Gasteiger partial charge in [-0.15, -0.1) is 0 Å². The van der Waals surface area contributed by atoms with E-state index in [2.05, 4.69) is 0 Å². The molecule has 0 unspecified atom stereocenters. The van der Waals surface area contributed by atoms with Gasteiger partial charge in [-0.2, -0.15) is 19.0 Å². The van der Waals surface area contributed by atoms with Crippen LogP contribution in [0.15, 0.2) is 0 Å². The minimum atomic E-state index is -3.97. The van der Waals surface area contributed by atoms with Crippen LogP contribution in [0.5, 0.6) is 0 Å². The summed E-state index contributed by atoms with van der Waals surface area (Å²) in [6.07, 6.45) is -0.276. The van der Waals surface area contributed by atoms with E-state index in [1.807, 2.05) is 20.8 Å². The Labute approximate surface area is 104 Å². The molecule has 0 heterocycles. The molecule has 0 bridgehead atoms. The Bertz CT molecular complexity index is 168. The molecule has 0 atom stereocenters. The van der Waals surface area contributed by atoms with Crippen molar-refractivity contribution in [3.63, 3.8) is 0 Å². The molecular formula is C13H27BF3-. The first kappa shape index (κ1) is 16.9. The van der Waals surface area contributed by atoms with Gasteiger partial charge >= 0.3 is 0 Å². The molecule has 0 aliphatic carbocycles. The largest absolute Gasteiger partial charge is 0.250 e. The molecule has 0 saturated carbocycles. The van der Waals surface area contributed by atoms with Crippen LogP contribution in [0.4, 0.5) is 13.2 Å². The highest BCUT2D eigenvalue weighted by atomic mass is 19.4. The maximum atomic E-state index is 13.4. The number of halogens is 3. The summed E-state index contributed by atoms with van der Waals surface area (Å²) in [4.78, 5) is 0. The van der Waals surface area contributed by atoms with Crippen molar-refractivity contribution in [2.24, 2.45) is 0 Å². The van der Waals surface area contributed by atoms with Crippen molar-refractivity contribution in [2.75, 3.05) is 0 Å². The molecule has 4 heteroatoms. The van der Waals surface area contributed by atoms with Gasteiger partial charge in [0, 0.05) is 0 Å². The normalized spacial score (nSPS) is 13.1. The molecule has 0 saturated heterocycles. The van der Waals surface area contributed by atoms with Gasteiger partial charge in [0.2, 0.25) is 0 Å². The van der Waals surface area contributed by atoms with Crippen molar-refractivity contribution in [1.29, 1.82) is 0 Å². The van der Waals surface area contributed by atoms with E-state index in [1.54, 1.807) is 0 Å². The van der Waals surface area contributed by atoms with Gasteiger partial charge in [-0.1, -0.05) is 59.3 Å². The molecule has 0 N–H and O–H groups in total. The summed E-state index contributed by atoms with van der Waals surface area (Å²) in [6, 6.07) is 0. The van der Waals surface area contributed by atoms with E-state index in [1.165, 1.54) is 0 Å². The monoisotopic (exact) mass is 251 g/mol. The van der Waals surface area contributed by atoms with Crippen molar-refractivity contribution >= 4 is 6.15 Å². The SMILES string of the molecule is CCCC[B-](CCCC)(CCCC)C(F)(F)F. The maximum Gasteiger partial charge on any atom is 0.250 e. The summed E-state index contributed by atoms with van der Waals surface area (Å²) < 4.78 is 40.1. The second kappa shape index (κ2) is 8.04. The topological polar surface area (TPSA) is 0 Å². The molecule has 0 radical (unpaired) electrons. The van der Waals surface area contributed by atoms with Crippen LogP contribution in [-0.4, -0.2) is 12.2 Å². The standard InChI is InChI=1S/C13H27BF3/c1-4-7-10-14(11-8-5-2,12-9-6-3)13(15,16)17/h4-12H2,1-3H3/q-1. The molecule has 0 aromatic rings.